The van der Waals surface area contributed by atoms with Crippen molar-refractivity contribution in [3.8, 4) is 17.4 Å². The minimum atomic E-state index is -0.274. The van der Waals surface area contributed by atoms with Gasteiger partial charge >= 0.3 is 0 Å². The Morgan fingerprint density at radius 1 is 1.13 bits per heavy atom. The molecule has 0 saturated heterocycles. The second-order valence-corrected chi connectivity index (χ2v) is 7.36. The Morgan fingerprint density at radius 3 is 2.27 bits per heavy atom. The summed E-state index contributed by atoms with van der Waals surface area (Å²) in [5, 5.41) is 6.15. The molecule has 1 aromatic carbocycles. The first-order valence-electron chi connectivity index (χ1n) is 10.1. The first kappa shape index (κ1) is 23.5. The first-order valence-corrected chi connectivity index (χ1v) is 10.1. The van der Waals surface area contributed by atoms with Gasteiger partial charge in [0.2, 0.25) is 5.88 Å². The minimum Gasteiger partial charge on any atom is -0.497 e. The molecule has 2 atom stereocenters. The number of hydrogen-bond donors (Lipinski definition) is 2. The van der Waals surface area contributed by atoms with Crippen LogP contribution >= 0.6 is 0 Å². The summed E-state index contributed by atoms with van der Waals surface area (Å²) in [7, 11) is 4.90. The van der Waals surface area contributed by atoms with Crippen molar-refractivity contribution in [3.63, 3.8) is 0 Å². The van der Waals surface area contributed by atoms with E-state index in [9.17, 15) is 4.79 Å². The van der Waals surface area contributed by atoms with Crippen LogP contribution in [-0.2, 0) is 4.74 Å². The van der Waals surface area contributed by atoms with Crippen molar-refractivity contribution < 1.29 is 19.0 Å². The normalized spacial score (nSPS) is 12.8. The van der Waals surface area contributed by atoms with Crippen molar-refractivity contribution in [1.82, 2.24) is 10.3 Å². The Balaban J connectivity index is 2.57. The Labute approximate surface area is 179 Å². The smallest absolute Gasteiger partial charge is 0.258 e. The molecule has 2 rings (SSSR count). The zero-order valence-corrected chi connectivity index (χ0v) is 19.2. The number of nitrogens with zero attached hydrogens (tertiary/aromatic N) is 1. The van der Waals surface area contributed by atoms with Crippen LogP contribution in [-0.4, -0.2) is 44.3 Å². The molecule has 0 spiro atoms. The summed E-state index contributed by atoms with van der Waals surface area (Å²) < 4.78 is 17.0. The fourth-order valence-corrected chi connectivity index (χ4v) is 3.38. The number of pyridine rings is 1. The van der Waals surface area contributed by atoms with Gasteiger partial charge in [-0.1, -0.05) is 6.92 Å². The van der Waals surface area contributed by atoms with Crippen LogP contribution in [0.1, 0.15) is 47.4 Å². The van der Waals surface area contributed by atoms with Crippen LogP contribution in [0.15, 0.2) is 18.2 Å². The van der Waals surface area contributed by atoms with E-state index in [0.717, 1.165) is 29.0 Å². The van der Waals surface area contributed by atoms with Gasteiger partial charge in [0.05, 0.1) is 24.9 Å². The lowest BCUT2D eigenvalue weighted by Gasteiger charge is -2.26. The highest BCUT2D eigenvalue weighted by molar-refractivity contribution is 6.02. The van der Waals surface area contributed by atoms with Gasteiger partial charge in [-0.05, 0) is 63.4 Å². The van der Waals surface area contributed by atoms with Crippen LogP contribution in [0, 0.1) is 20.8 Å². The monoisotopic (exact) mass is 415 g/mol. The molecule has 0 aliphatic carbocycles. The summed E-state index contributed by atoms with van der Waals surface area (Å²) in [6, 6.07) is 5.67. The average molecular weight is 416 g/mol. The molecular weight excluding hydrogens is 382 g/mol. The van der Waals surface area contributed by atoms with Crippen LogP contribution in [0.2, 0.25) is 0 Å². The molecule has 0 radical (unpaired) electrons. The largest absolute Gasteiger partial charge is 0.497 e. The lowest BCUT2D eigenvalue weighted by Crippen LogP contribution is -2.33. The molecule has 164 valence electrons. The van der Waals surface area contributed by atoms with Crippen LogP contribution in [0.5, 0.6) is 17.4 Å². The standard InChI is InChI=1S/C23H33N3O4/c1-9-18(16(5)28-7)26-19-12-15(4)25-23(20(19)22(27)24-6)30-21-13(2)10-17(29-8)11-14(21)3/h10-12,16,18H,9H2,1-8H3,(H,24,27)(H,25,26). The third-order valence-corrected chi connectivity index (χ3v) is 5.16. The van der Waals surface area contributed by atoms with Crippen LogP contribution in [0.4, 0.5) is 5.69 Å². The van der Waals surface area contributed by atoms with Gasteiger partial charge in [0.1, 0.15) is 17.1 Å². The number of amides is 1. The molecule has 2 unspecified atom stereocenters. The molecule has 0 aliphatic rings. The van der Waals surface area contributed by atoms with Gasteiger partial charge in [-0.3, -0.25) is 4.79 Å². The minimum absolute atomic E-state index is 0.0255. The van der Waals surface area contributed by atoms with E-state index in [1.54, 1.807) is 21.3 Å². The number of aryl methyl sites for hydroxylation is 3. The van der Waals surface area contributed by atoms with E-state index in [4.69, 9.17) is 14.2 Å². The van der Waals surface area contributed by atoms with Gasteiger partial charge in [-0.15, -0.1) is 0 Å². The molecule has 0 aliphatic heterocycles. The predicted octanol–water partition coefficient (Wildman–Crippen LogP) is 4.39. The molecule has 7 heteroatoms. The summed E-state index contributed by atoms with van der Waals surface area (Å²) in [6.45, 7) is 9.82. The van der Waals surface area contributed by atoms with Gasteiger partial charge < -0.3 is 24.8 Å². The fourth-order valence-electron chi connectivity index (χ4n) is 3.38. The number of carbonyl (C=O) groups excluding carboxylic acids is 1. The highest BCUT2D eigenvalue weighted by Crippen LogP contribution is 2.35. The van der Waals surface area contributed by atoms with Crippen molar-refractivity contribution >= 4 is 11.6 Å². The van der Waals surface area contributed by atoms with Gasteiger partial charge in [0, 0.05) is 19.9 Å². The second-order valence-electron chi connectivity index (χ2n) is 7.36. The molecule has 0 bridgehead atoms. The molecule has 1 aromatic heterocycles. The second kappa shape index (κ2) is 10.3. The van der Waals surface area contributed by atoms with E-state index in [-0.39, 0.29) is 23.9 Å². The van der Waals surface area contributed by atoms with Gasteiger partial charge in [0.25, 0.3) is 5.91 Å². The number of rotatable bonds is 9. The number of methoxy groups -OCH3 is 2. The highest BCUT2D eigenvalue weighted by atomic mass is 16.5. The maximum Gasteiger partial charge on any atom is 0.258 e. The third-order valence-electron chi connectivity index (χ3n) is 5.16. The first-order chi connectivity index (χ1) is 14.2. The predicted molar refractivity (Wildman–Crippen MR) is 119 cm³/mol. The van der Waals surface area contributed by atoms with E-state index >= 15 is 0 Å². The summed E-state index contributed by atoms with van der Waals surface area (Å²) in [4.78, 5) is 17.3. The molecule has 1 heterocycles. The molecule has 0 fully saturated rings. The van der Waals surface area contributed by atoms with Crippen molar-refractivity contribution in [2.45, 2.75) is 53.2 Å². The van der Waals surface area contributed by atoms with E-state index in [1.807, 2.05) is 45.9 Å². The Hall–Kier alpha value is -2.80. The van der Waals surface area contributed by atoms with E-state index < -0.39 is 0 Å². The van der Waals surface area contributed by atoms with E-state index in [1.165, 1.54) is 0 Å². The number of carbonyl (C=O) groups is 1. The van der Waals surface area contributed by atoms with Gasteiger partial charge in [-0.25, -0.2) is 4.98 Å². The summed E-state index contributed by atoms with van der Waals surface area (Å²) >= 11 is 0. The van der Waals surface area contributed by atoms with Crippen LogP contribution < -0.4 is 20.1 Å². The van der Waals surface area contributed by atoms with Crippen molar-refractivity contribution in [1.29, 1.82) is 0 Å². The van der Waals surface area contributed by atoms with Gasteiger partial charge in [-0.2, -0.15) is 0 Å². The molecule has 30 heavy (non-hydrogen) atoms. The Kier molecular flexibility index (Phi) is 8.06. The molecule has 2 aromatic rings. The fraction of sp³-hybridized carbons (Fsp3) is 0.478. The number of hydrogen-bond acceptors (Lipinski definition) is 6. The van der Waals surface area contributed by atoms with Crippen LogP contribution in [0.3, 0.4) is 0 Å². The number of aromatic nitrogens is 1. The van der Waals surface area contributed by atoms with E-state index in [2.05, 4.69) is 22.5 Å². The summed E-state index contributed by atoms with van der Waals surface area (Å²) in [6.07, 6.45) is 0.799. The number of nitrogens with one attached hydrogen (secondary N) is 2. The van der Waals surface area contributed by atoms with Crippen LogP contribution in [0.25, 0.3) is 0 Å². The zero-order valence-electron chi connectivity index (χ0n) is 19.2. The Bertz CT molecular complexity index is 875. The molecule has 2 N–H and O–H groups in total. The zero-order chi connectivity index (χ0) is 22.4. The third kappa shape index (κ3) is 5.21. The quantitative estimate of drug-likeness (QED) is 0.632. The lowest BCUT2D eigenvalue weighted by molar-refractivity contribution is 0.0955. The average Bonchev–Trinajstić information content (AvgIpc) is 2.72. The topological polar surface area (TPSA) is 81.7 Å². The van der Waals surface area contributed by atoms with Crippen molar-refractivity contribution in [2.24, 2.45) is 0 Å². The summed E-state index contributed by atoms with van der Waals surface area (Å²) in [5.41, 5.74) is 3.55. The van der Waals surface area contributed by atoms with Crippen molar-refractivity contribution in [3.05, 3.63) is 40.6 Å². The highest BCUT2D eigenvalue weighted by Gasteiger charge is 2.24. The summed E-state index contributed by atoms with van der Waals surface area (Å²) in [5.74, 6) is 1.39. The lowest BCUT2D eigenvalue weighted by atomic mass is 10.1. The molecule has 1 amide bonds. The van der Waals surface area contributed by atoms with Gasteiger partial charge in [0.15, 0.2) is 0 Å². The molecule has 0 saturated carbocycles. The SMILES string of the molecule is CCC(Nc1cc(C)nc(Oc2c(C)cc(OC)cc2C)c1C(=O)NC)C(C)OC. The molecule has 7 nitrogen and oxygen atoms in total. The van der Waals surface area contributed by atoms with Crippen molar-refractivity contribution in [2.75, 3.05) is 26.6 Å². The van der Waals surface area contributed by atoms with E-state index in [0.29, 0.717) is 17.0 Å². The Morgan fingerprint density at radius 2 is 1.77 bits per heavy atom. The molecular formula is C23H33N3O4. The maximum atomic E-state index is 12.8. The maximum absolute atomic E-state index is 12.8. The number of anilines is 1. The number of ether oxygens (including phenoxy) is 3. The number of benzene rings is 1.